The molecule has 0 spiro atoms. The SMILES string of the molecule is Clc1cncc(OCC2CN(Cc3cccc(Br)n3)C2)n1. The van der Waals surface area contributed by atoms with E-state index in [0.717, 1.165) is 29.9 Å². The second-order valence-corrected chi connectivity index (χ2v) is 6.20. The molecule has 5 nitrogen and oxygen atoms in total. The lowest BCUT2D eigenvalue weighted by atomic mass is 10.0. The van der Waals surface area contributed by atoms with Crippen molar-refractivity contribution in [3.8, 4) is 5.88 Å². The molecule has 0 amide bonds. The molecule has 1 fully saturated rings. The predicted octanol–water partition coefficient (Wildman–Crippen LogP) is 2.80. The first-order valence-electron chi connectivity index (χ1n) is 6.63. The molecule has 0 saturated carbocycles. The Morgan fingerprint density at radius 2 is 2.14 bits per heavy atom. The van der Waals surface area contributed by atoms with Crippen LogP contribution < -0.4 is 4.74 Å². The van der Waals surface area contributed by atoms with Crippen LogP contribution in [0.3, 0.4) is 0 Å². The van der Waals surface area contributed by atoms with Crippen LogP contribution in [0.15, 0.2) is 35.2 Å². The van der Waals surface area contributed by atoms with Crippen LogP contribution >= 0.6 is 27.5 Å². The molecular formula is C14H14BrClN4O. The van der Waals surface area contributed by atoms with Gasteiger partial charge >= 0.3 is 0 Å². The molecule has 0 atom stereocenters. The van der Waals surface area contributed by atoms with Gasteiger partial charge in [0.15, 0.2) is 5.15 Å². The molecule has 1 aliphatic rings. The Balaban J connectivity index is 1.42. The monoisotopic (exact) mass is 368 g/mol. The van der Waals surface area contributed by atoms with Gasteiger partial charge in [0, 0.05) is 25.6 Å². The standard InChI is InChI=1S/C14H14BrClN4O/c15-12-3-1-2-11(18-12)8-20-6-10(7-20)9-21-14-5-17-4-13(16)19-14/h1-5,10H,6-9H2. The Kier molecular flexibility index (Phi) is 4.67. The van der Waals surface area contributed by atoms with Gasteiger partial charge in [-0.15, -0.1) is 0 Å². The van der Waals surface area contributed by atoms with Gasteiger partial charge in [0.25, 0.3) is 0 Å². The summed E-state index contributed by atoms with van der Waals surface area (Å²) in [6.45, 7) is 3.51. The Bertz CT molecular complexity index is 621. The fraction of sp³-hybridized carbons (Fsp3) is 0.357. The Morgan fingerprint density at radius 3 is 2.90 bits per heavy atom. The molecule has 0 N–H and O–H groups in total. The van der Waals surface area contributed by atoms with Crippen LogP contribution in [0, 0.1) is 5.92 Å². The number of nitrogens with zero attached hydrogens (tertiary/aromatic N) is 4. The molecule has 110 valence electrons. The van der Waals surface area contributed by atoms with Crippen LogP contribution in [0.25, 0.3) is 0 Å². The largest absolute Gasteiger partial charge is 0.476 e. The van der Waals surface area contributed by atoms with Crippen molar-refractivity contribution in [2.24, 2.45) is 5.92 Å². The number of hydrogen-bond donors (Lipinski definition) is 0. The zero-order chi connectivity index (χ0) is 14.7. The van der Waals surface area contributed by atoms with E-state index < -0.39 is 0 Å². The highest BCUT2D eigenvalue weighted by atomic mass is 79.9. The lowest BCUT2D eigenvalue weighted by Gasteiger charge is -2.38. The molecule has 0 radical (unpaired) electrons. The third-order valence-corrected chi connectivity index (χ3v) is 3.86. The molecule has 0 unspecified atom stereocenters. The van der Waals surface area contributed by atoms with Crippen LogP contribution in [0.4, 0.5) is 0 Å². The van der Waals surface area contributed by atoms with Crippen LogP contribution in [-0.4, -0.2) is 39.5 Å². The molecule has 3 heterocycles. The Labute approximate surface area is 136 Å². The minimum absolute atomic E-state index is 0.350. The minimum Gasteiger partial charge on any atom is -0.476 e. The van der Waals surface area contributed by atoms with Crippen molar-refractivity contribution < 1.29 is 4.74 Å². The molecule has 0 aromatic carbocycles. The molecule has 3 rings (SSSR count). The molecule has 2 aromatic rings. The highest BCUT2D eigenvalue weighted by Crippen LogP contribution is 2.20. The maximum atomic E-state index is 5.76. The van der Waals surface area contributed by atoms with Gasteiger partial charge in [0.2, 0.25) is 5.88 Å². The fourth-order valence-electron chi connectivity index (χ4n) is 2.28. The Morgan fingerprint density at radius 1 is 1.29 bits per heavy atom. The number of rotatable bonds is 5. The van der Waals surface area contributed by atoms with Crippen molar-refractivity contribution in [1.82, 2.24) is 19.9 Å². The fourth-order valence-corrected chi connectivity index (χ4v) is 2.80. The van der Waals surface area contributed by atoms with E-state index in [0.29, 0.717) is 23.6 Å². The summed E-state index contributed by atoms with van der Waals surface area (Å²) in [5.41, 5.74) is 1.07. The first-order chi connectivity index (χ1) is 10.2. The summed E-state index contributed by atoms with van der Waals surface area (Å²) in [5.74, 6) is 0.993. The van der Waals surface area contributed by atoms with Gasteiger partial charge in [-0.3, -0.25) is 9.88 Å². The minimum atomic E-state index is 0.350. The van der Waals surface area contributed by atoms with Crippen LogP contribution in [0.2, 0.25) is 5.15 Å². The summed E-state index contributed by atoms with van der Waals surface area (Å²) in [5, 5.41) is 0.350. The average Bonchev–Trinajstić information content (AvgIpc) is 2.41. The maximum Gasteiger partial charge on any atom is 0.233 e. The normalized spacial score (nSPS) is 15.7. The van der Waals surface area contributed by atoms with Crippen LogP contribution in [0.5, 0.6) is 5.88 Å². The van der Waals surface area contributed by atoms with E-state index in [2.05, 4.69) is 35.8 Å². The predicted molar refractivity (Wildman–Crippen MR) is 83.2 cm³/mol. The highest BCUT2D eigenvalue weighted by Gasteiger charge is 2.27. The van der Waals surface area contributed by atoms with E-state index in [1.165, 1.54) is 6.20 Å². The smallest absolute Gasteiger partial charge is 0.233 e. The van der Waals surface area contributed by atoms with Crippen molar-refractivity contribution in [3.05, 3.63) is 46.0 Å². The van der Waals surface area contributed by atoms with Gasteiger partial charge in [0.1, 0.15) is 4.60 Å². The molecule has 1 saturated heterocycles. The summed E-state index contributed by atoms with van der Waals surface area (Å²) >= 11 is 9.15. The van der Waals surface area contributed by atoms with Crippen molar-refractivity contribution >= 4 is 27.5 Å². The topological polar surface area (TPSA) is 51.1 Å². The zero-order valence-electron chi connectivity index (χ0n) is 11.2. The second-order valence-electron chi connectivity index (χ2n) is 5.00. The van der Waals surface area contributed by atoms with Gasteiger partial charge < -0.3 is 4.74 Å². The first kappa shape index (κ1) is 14.7. The summed E-state index contributed by atoms with van der Waals surface area (Å²) in [4.78, 5) is 14.8. The van der Waals surface area contributed by atoms with Gasteiger partial charge in [0.05, 0.1) is 24.7 Å². The number of aromatic nitrogens is 3. The molecule has 7 heteroatoms. The molecule has 2 aromatic heterocycles. The number of likely N-dealkylation sites (tertiary alicyclic amines) is 1. The summed E-state index contributed by atoms with van der Waals surface area (Å²) in [6, 6.07) is 5.98. The van der Waals surface area contributed by atoms with Gasteiger partial charge in [-0.05, 0) is 28.1 Å². The van der Waals surface area contributed by atoms with Crippen LogP contribution in [0.1, 0.15) is 5.69 Å². The van der Waals surface area contributed by atoms with Crippen molar-refractivity contribution in [2.75, 3.05) is 19.7 Å². The number of halogens is 2. The number of ether oxygens (including phenoxy) is 1. The lowest BCUT2D eigenvalue weighted by molar-refractivity contribution is 0.0532. The summed E-state index contributed by atoms with van der Waals surface area (Å²) in [7, 11) is 0. The van der Waals surface area contributed by atoms with E-state index in [-0.39, 0.29) is 0 Å². The molecule has 0 bridgehead atoms. The lowest BCUT2D eigenvalue weighted by Crippen LogP contribution is -2.48. The first-order valence-corrected chi connectivity index (χ1v) is 7.80. The van der Waals surface area contributed by atoms with E-state index in [1.807, 2.05) is 18.2 Å². The van der Waals surface area contributed by atoms with Gasteiger partial charge in [-0.25, -0.2) is 4.98 Å². The highest BCUT2D eigenvalue weighted by molar-refractivity contribution is 9.10. The third kappa shape index (κ3) is 4.12. The van der Waals surface area contributed by atoms with Crippen molar-refractivity contribution in [1.29, 1.82) is 0 Å². The van der Waals surface area contributed by atoms with E-state index >= 15 is 0 Å². The maximum absolute atomic E-state index is 5.76. The summed E-state index contributed by atoms with van der Waals surface area (Å²) in [6.07, 6.45) is 3.07. The van der Waals surface area contributed by atoms with Crippen LogP contribution in [-0.2, 0) is 6.54 Å². The molecular weight excluding hydrogens is 356 g/mol. The average molecular weight is 370 g/mol. The van der Waals surface area contributed by atoms with E-state index in [4.69, 9.17) is 16.3 Å². The number of hydrogen-bond acceptors (Lipinski definition) is 5. The van der Waals surface area contributed by atoms with E-state index in [9.17, 15) is 0 Å². The Hall–Kier alpha value is -1.24. The molecule has 1 aliphatic heterocycles. The van der Waals surface area contributed by atoms with E-state index in [1.54, 1.807) is 6.20 Å². The molecule has 21 heavy (non-hydrogen) atoms. The van der Waals surface area contributed by atoms with Crippen molar-refractivity contribution in [2.45, 2.75) is 6.54 Å². The molecule has 0 aliphatic carbocycles. The van der Waals surface area contributed by atoms with Gasteiger partial charge in [-0.2, -0.15) is 4.98 Å². The van der Waals surface area contributed by atoms with Crippen molar-refractivity contribution in [3.63, 3.8) is 0 Å². The van der Waals surface area contributed by atoms with Gasteiger partial charge in [-0.1, -0.05) is 17.7 Å². The summed E-state index contributed by atoms with van der Waals surface area (Å²) < 4.78 is 6.48. The zero-order valence-corrected chi connectivity index (χ0v) is 13.6. The second kappa shape index (κ2) is 6.68. The number of pyridine rings is 1. The third-order valence-electron chi connectivity index (χ3n) is 3.24. The quantitative estimate of drug-likeness (QED) is 0.759.